The van der Waals surface area contributed by atoms with Gasteiger partial charge in [-0.15, -0.1) is 0 Å². The zero-order valence-corrected chi connectivity index (χ0v) is 16.0. The molecular formula is C20H16ClN3O5. The Hall–Kier alpha value is -3.65. The number of ether oxygens (including phenoxy) is 1. The standard InChI is InChI=1S/C20H16ClN3O5/c1-12(29-16-8-6-13-4-2-3-5-14(13)10-16)19(25)22-23-20(26)17-9-7-15(24(27)28)11-18(17)21/h2-12H,1H3,(H,22,25)(H,23,26)/t12-/m0/s1. The Morgan fingerprint density at radius 2 is 1.76 bits per heavy atom. The molecule has 3 rings (SSSR count). The molecular weight excluding hydrogens is 398 g/mol. The number of carbonyl (C=O) groups excluding carboxylic acids is 2. The van der Waals surface area contributed by atoms with Crippen LogP contribution in [0.2, 0.25) is 5.02 Å². The van der Waals surface area contributed by atoms with Gasteiger partial charge in [-0.2, -0.15) is 0 Å². The molecule has 8 nitrogen and oxygen atoms in total. The zero-order valence-electron chi connectivity index (χ0n) is 15.2. The Labute approximate surface area is 170 Å². The highest BCUT2D eigenvalue weighted by molar-refractivity contribution is 6.34. The van der Waals surface area contributed by atoms with Crippen LogP contribution in [-0.4, -0.2) is 22.8 Å². The smallest absolute Gasteiger partial charge is 0.279 e. The van der Waals surface area contributed by atoms with Gasteiger partial charge in [0.05, 0.1) is 15.5 Å². The third kappa shape index (κ3) is 4.80. The van der Waals surface area contributed by atoms with Gasteiger partial charge in [0.1, 0.15) is 5.75 Å². The number of hydrogen-bond donors (Lipinski definition) is 2. The minimum absolute atomic E-state index is 0.0133. The fraction of sp³-hybridized carbons (Fsp3) is 0.100. The highest BCUT2D eigenvalue weighted by Crippen LogP contribution is 2.23. The first-order valence-corrected chi connectivity index (χ1v) is 8.92. The summed E-state index contributed by atoms with van der Waals surface area (Å²) in [6, 6.07) is 16.6. The minimum Gasteiger partial charge on any atom is -0.481 e. The van der Waals surface area contributed by atoms with E-state index in [2.05, 4.69) is 10.9 Å². The topological polar surface area (TPSA) is 111 Å². The summed E-state index contributed by atoms with van der Waals surface area (Å²) in [5, 5.41) is 12.6. The second kappa shape index (κ2) is 8.57. The van der Waals surface area contributed by atoms with Crippen LogP contribution in [0.5, 0.6) is 5.75 Å². The van der Waals surface area contributed by atoms with Gasteiger partial charge in [0.25, 0.3) is 17.5 Å². The average molecular weight is 414 g/mol. The van der Waals surface area contributed by atoms with Gasteiger partial charge in [0.2, 0.25) is 0 Å². The molecule has 0 aliphatic heterocycles. The quantitative estimate of drug-likeness (QED) is 0.490. The maximum absolute atomic E-state index is 12.2. The Balaban J connectivity index is 1.59. The summed E-state index contributed by atoms with van der Waals surface area (Å²) in [6.07, 6.45) is -0.885. The summed E-state index contributed by atoms with van der Waals surface area (Å²) in [7, 11) is 0. The van der Waals surface area contributed by atoms with E-state index in [9.17, 15) is 19.7 Å². The fourth-order valence-electron chi connectivity index (χ4n) is 2.59. The number of carbonyl (C=O) groups is 2. The van der Waals surface area contributed by atoms with Crippen LogP contribution in [0.25, 0.3) is 10.8 Å². The summed E-state index contributed by atoms with van der Waals surface area (Å²) in [5.41, 5.74) is 4.20. The SMILES string of the molecule is C[C@H](Oc1ccc2ccccc2c1)C(=O)NNC(=O)c1ccc([N+](=O)[O-])cc1Cl. The van der Waals surface area contributed by atoms with Crippen LogP contribution in [0.4, 0.5) is 5.69 Å². The number of nitrogens with zero attached hydrogens (tertiary/aromatic N) is 1. The van der Waals surface area contributed by atoms with E-state index in [1.54, 1.807) is 6.07 Å². The molecule has 3 aromatic carbocycles. The van der Waals surface area contributed by atoms with Gasteiger partial charge in [-0.3, -0.25) is 30.6 Å². The lowest BCUT2D eigenvalue weighted by molar-refractivity contribution is -0.384. The number of benzene rings is 3. The van der Waals surface area contributed by atoms with Gasteiger partial charge in [-0.25, -0.2) is 0 Å². The third-order valence-corrected chi connectivity index (χ3v) is 4.42. The monoisotopic (exact) mass is 413 g/mol. The summed E-state index contributed by atoms with van der Waals surface area (Å²) in [5.74, 6) is -0.781. The van der Waals surface area contributed by atoms with Crippen molar-refractivity contribution in [1.82, 2.24) is 10.9 Å². The number of nitro groups is 1. The molecule has 0 spiro atoms. The van der Waals surface area contributed by atoms with E-state index in [1.807, 2.05) is 36.4 Å². The van der Waals surface area contributed by atoms with Gasteiger partial charge >= 0.3 is 0 Å². The molecule has 0 fully saturated rings. The predicted octanol–water partition coefficient (Wildman–Crippen LogP) is 3.63. The normalized spacial score (nSPS) is 11.5. The van der Waals surface area contributed by atoms with Crippen LogP contribution >= 0.6 is 11.6 Å². The van der Waals surface area contributed by atoms with Crippen molar-refractivity contribution in [3.63, 3.8) is 0 Å². The van der Waals surface area contributed by atoms with Crippen LogP contribution in [-0.2, 0) is 4.79 Å². The van der Waals surface area contributed by atoms with Gasteiger partial charge in [-0.05, 0) is 35.9 Å². The number of nitro benzene ring substituents is 1. The van der Waals surface area contributed by atoms with Gasteiger partial charge in [0.15, 0.2) is 6.10 Å². The van der Waals surface area contributed by atoms with Crippen molar-refractivity contribution in [2.24, 2.45) is 0 Å². The Morgan fingerprint density at radius 3 is 2.45 bits per heavy atom. The Bertz CT molecular complexity index is 1100. The van der Waals surface area contributed by atoms with Gasteiger partial charge < -0.3 is 4.74 Å². The molecule has 0 saturated carbocycles. The number of non-ortho nitro benzene ring substituents is 1. The molecule has 0 aromatic heterocycles. The molecule has 0 aliphatic carbocycles. The van der Waals surface area contributed by atoms with E-state index in [0.717, 1.165) is 22.9 Å². The van der Waals surface area contributed by atoms with Crippen molar-refractivity contribution in [3.05, 3.63) is 81.4 Å². The Morgan fingerprint density at radius 1 is 1.03 bits per heavy atom. The van der Waals surface area contributed by atoms with Crippen LogP contribution in [0, 0.1) is 10.1 Å². The summed E-state index contributed by atoms with van der Waals surface area (Å²) < 4.78 is 5.62. The highest BCUT2D eigenvalue weighted by atomic mass is 35.5. The number of halogens is 1. The van der Waals surface area contributed by atoms with Crippen LogP contribution in [0.15, 0.2) is 60.7 Å². The lowest BCUT2D eigenvalue weighted by Gasteiger charge is -2.15. The Kier molecular flexibility index (Phi) is 5.94. The first kappa shape index (κ1) is 20.1. The average Bonchev–Trinajstić information content (AvgIpc) is 2.71. The first-order valence-electron chi connectivity index (χ1n) is 8.55. The maximum Gasteiger partial charge on any atom is 0.279 e. The van der Waals surface area contributed by atoms with Crippen molar-refractivity contribution >= 4 is 39.9 Å². The molecule has 2 N–H and O–H groups in total. The van der Waals surface area contributed by atoms with Gasteiger partial charge in [-0.1, -0.05) is 41.9 Å². The lowest BCUT2D eigenvalue weighted by Crippen LogP contribution is -2.47. The molecule has 2 amide bonds. The number of amides is 2. The van der Waals surface area contributed by atoms with Crippen molar-refractivity contribution < 1.29 is 19.2 Å². The van der Waals surface area contributed by atoms with Crippen LogP contribution in [0.3, 0.4) is 0 Å². The molecule has 0 saturated heterocycles. The van der Waals surface area contributed by atoms with E-state index in [4.69, 9.17) is 16.3 Å². The first-order chi connectivity index (χ1) is 13.8. The molecule has 0 heterocycles. The fourth-order valence-corrected chi connectivity index (χ4v) is 2.85. The summed E-state index contributed by atoms with van der Waals surface area (Å²) >= 11 is 5.90. The lowest BCUT2D eigenvalue weighted by atomic mass is 10.1. The number of rotatable bonds is 5. The summed E-state index contributed by atoms with van der Waals surface area (Å²) in [4.78, 5) is 34.5. The minimum atomic E-state index is -0.885. The van der Waals surface area contributed by atoms with Crippen LogP contribution < -0.4 is 15.6 Å². The van der Waals surface area contributed by atoms with Crippen LogP contribution in [0.1, 0.15) is 17.3 Å². The molecule has 29 heavy (non-hydrogen) atoms. The van der Waals surface area contributed by atoms with E-state index in [1.165, 1.54) is 13.0 Å². The second-order valence-corrected chi connectivity index (χ2v) is 6.54. The molecule has 148 valence electrons. The number of hydrogen-bond acceptors (Lipinski definition) is 5. The van der Waals surface area contributed by atoms with Crippen molar-refractivity contribution in [2.45, 2.75) is 13.0 Å². The largest absolute Gasteiger partial charge is 0.481 e. The van der Waals surface area contributed by atoms with E-state index in [0.29, 0.717) is 5.75 Å². The number of fused-ring (bicyclic) bond motifs is 1. The number of nitrogens with one attached hydrogen (secondary N) is 2. The van der Waals surface area contributed by atoms with E-state index in [-0.39, 0.29) is 16.3 Å². The maximum atomic E-state index is 12.2. The molecule has 0 unspecified atom stereocenters. The predicted molar refractivity (Wildman–Crippen MR) is 108 cm³/mol. The molecule has 0 aliphatic rings. The zero-order chi connectivity index (χ0) is 21.0. The van der Waals surface area contributed by atoms with E-state index >= 15 is 0 Å². The number of hydrazine groups is 1. The summed E-state index contributed by atoms with van der Waals surface area (Å²) in [6.45, 7) is 1.54. The third-order valence-electron chi connectivity index (χ3n) is 4.11. The molecule has 1 atom stereocenters. The van der Waals surface area contributed by atoms with Gasteiger partial charge in [0, 0.05) is 12.1 Å². The van der Waals surface area contributed by atoms with Crippen molar-refractivity contribution in [2.75, 3.05) is 0 Å². The second-order valence-electron chi connectivity index (χ2n) is 6.13. The van der Waals surface area contributed by atoms with E-state index < -0.39 is 22.8 Å². The molecule has 0 bridgehead atoms. The molecule has 9 heteroatoms. The highest BCUT2D eigenvalue weighted by Gasteiger charge is 2.18. The van der Waals surface area contributed by atoms with Crippen molar-refractivity contribution in [1.29, 1.82) is 0 Å². The molecule has 3 aromatic rings. The van der Waals surface area contributed by atoms with Crippen molar-refractivity contribution in [3.8, 4) is 5.75 Å². The molecule has 0 radical (unpaired) electrons.